The van der Waals surface area contributed by atoms with Crippen molar-refractivity contribution < 1.29 is 4.92 Å². The van der Waals surface area contributed by atoms with Crippen LogP contribution in [0.15, 0.2) is 12.1 Å². The first-order chi connectivity index (χ1) is 8.70. The van der Waals surface area contributed by atoms with E-state index in [1.165, 1.54) is 12.1 Å². The van der Waals surface area contributed by atoms with Gasteiger partial charge in [0.05, 0.1) is 4.92 Å². The molecule has 1 aliphatic rings. The van der Waals surface area contributed by atoms with Crippen molar-refractivity contribution in [2.24, 2.45) is 5.84 Å². The molecule has 18 heavy (non-hydrogen) atoms. The van der Waals surface area contributed by atoms with Crippen LogP contribution in [0.25, 0.3) is 0 Å². The van der Waals surface area contributed by atoms with Gasteiger partial charge in [-0.1, -0.05) is 0 Å². The third kappa shape index (κ3) is 3.02. The molecule has 4 N–H and O–H groups in total. The molecule has 98 valence electrons. The third-order valence-corrected chi connectivity index (χ3v) is 3.94. The Morgan fingerprint density at radius 2 is 2.39 bits per heavy atom. The van der Waals surface area contributed by atoms with E-state index in [1.54, 1.807) is 0 Å². The number of nitrogen functional groups attached to an aromatic ring is 1. The summed E-state index contributed by atoms with van der Waals surface area (Å²) in [5.41, 5.74) is 2.37. The monoisotopic (exact) mass is 269 g/mol. The van der Waals surface area contributed by atoms with Crippen LogP contribution in [0.1, 0.15) is 12.8 Å². The van der Waals surface area contributed by atoms with Gasteiger partial charge >= 0.3 is 5.69 Å². The first-order valence-electron chi connectivity index (χ1n) is 5.67. The Morgan fingerprint density at radius 1 is 1.56 bits per heavy atom. The second kappa shape index (κ2) is 5.87. The Balaban J connectivity index is 2.19. The topological polar surface area (TPSA) is 106 Å². The lowest BCUT2D eigenvalue weighted by Crippen LogP contribution is -2.27. The summed E-state index contributed by atoms with van der Waals surface area (Å²) in [6, 6.07) is 3.11. The first kappa shape index (κ1) is 12.9. The summed E-state index contributed by atoms with van der Waals surface area (Å²) in [7, 11) is 0. The van der Waals surface area contributed by atoms with Gasteiger partial charge in [0.1, 0.15) is 5.82 Å². The van der Waals surface area contributed by atoms with Crippen LogP contribution < -0.4 is 16.6 Å². The minimum Gasteiger partial charge on any atom is -0.361 e. The zero-order valence-corrected chi connectivity index (χ0v) is 10.6. The van der Waals surface area contributed by atoms with Gasteiger partial charge < -0.3 is 10.7 Å². The molecule has 1 fully saturated rings. The van der Waals surface area contributed by atoms with Gasteiger partial charge in [-0.2, -0.15) is 11.8 Å². The maximum absolute atomic E-state index is 10.9. The number of hydrazine groups is 1. The van der Waals surface area contributed by atoms with Crippen LogP contribution in [0.5, 0.6) is 0 Å². The molecule has 1 aromatic rings. The molecule has 2 rings (SSSR count). The standard InChI is InChI=1S/C10H15N5O2S/c11-14-9-4-3-8(15(16)17)10(13-9)12-7-2-1-5-18-6-7/h3-4,7H,1-2,5-6,11H2,(H2,12,13,14). The molecule has 8 heteroatoms. The Kier molecular flexibility index (Phi) is 4.21. The van der Waals surface area contributed by atoms with E-state index in [-0.39, 0.29) is 17.5 Å². The lowest BCUT2D eigenvalue weighted by atomic mass is 10.2. The second-order valence-corrected chi connectivity index (χ2v) is 5.17. The predicted molar refractivity (Wildman–Crippen MR) is 72.7 cm³/mol. The number of rotatable bonds is 4. The van der Waals surface area contributed by atoms with E-state index >= 15 is 0 Å². The fourth-order valence-electron chi connectivity index (χ4n) is 1.83. The van der Waals surface area contributed by atoms with Crippen molar-refractivity contribution in [3.63, 3.8) is 0 Å². The van der Waals surface area contributed by atoms with Gasteiger partial charge in [-0.25, -0.2) is 10.8 Å². The quantitative estimate of drug-likeness (QED) is 0.433. The summed E-state index contributed by atoms with van der Waals surface area (Å²) in [6.45, 7) is 0. The van der Waals surface area contributed by atoms with Crippen molar-refractivity contribution in [3.8, 4) is 0 Å². The van der Waals surface area contributed by atoms with Crippen molar-refractivity contribution in [3.05, 3.63) is 22.2 Å². The van der Waals surface area contributed by atoms with Gasteiger partial charge in [0.15, 0.2) is 0 Å². The molecule has 7 nitrogen and oxygen atoms in total. The number of nitrogens with two attached hydrogens (primary N) is 1. The highest BCUT2D eigenvalue weighted by atomic mass is 32.2. The number of hydrogen-bond acceptors (Lipinski definition) is 7. The molecule has 0 radical (unpaired) electrons. The van der Waals surface area contributed by atoms with Crippen molar-refractivity contribution in [1.29, 1.82) is 0 Å². The van der Waals surface area contributed by atoms with Gasteiger partial charge in [0, 0.05) is 17.9 Å². The highest BCUT2D eigenvalue weighted by Crippen LogP contribution is 2.27. The number of anilines is 2. The molecule has 1 saturated heterocycles. The van der Waals surface area contributed by atoms with Crippen LogP contribution in [0.4, 0.5) is 17.3 Å². The minimum atomic E-state index is -0.439. The smallest absolute Gasteiger partial charge is 0.311 e. The fourth-order valence-corrected chi connectivity index (χ4v) is 2.91. The van der Waals surface area contributed by atoms with Gasteiger partial charge in [-0.15, -0.1) is 0 Å². The van der Waals surface area contributed by atoms with Crippen LogP contribution in [-0.2, 0) is 0 Å². The molecular formula is C10H15N5O2S. The van der Waals surface area contributed by atoms with Crippen molar-refractivity contribution in [1.82, 2.24) is 4.98 Å². The summed E-state index contributed by atoms with van der Waals surface area (Å²) >= 11 is 1.85. The lowest BCUT2D eigenvalue weighted by Gasteiger charge is -2.22. The number of thioether (sulfide) groups is 1. The number of nitro groups is 1. The average Bonchev–Trinajstić information content (AvgIpc) is 2.39. The zero-order chi connectivity index (χ0) is 13.0. The molecule has 0 aliphatic carbocycles. The van der Waals surface area contributed by atoms with Crippen molar-refractivity contribution >= 4 is 29.1 Å². The third-order valence-electron chi connectivity index (χ3n) is 2.72. The van der Waals surface area contributed by atoms with Crippen LogP contribution in [0.2, 0.25) is 0 Å². The number of nitrogens with zero attached hydrogens (tertiary/aromatic N) is 2. The second-order valence-electron chi connectivity index (χ2n) is 4.02. The van der Waals surface area contributed by atoms with Gasteiger partial charge in [-0.05, 0) is 24.7 Å². The highest BCUT2D eigenvalue weighted by Gasteiger charge is 2.20. The van der Waals surface area contributed by atoms with Crippen LogP contribution in [0, 0.1) is 10.1 Å². The van der Waals surface area contributed by atoms with E-state index in [9.17, 15) is 10.1 Å². The maximum atomic E-state index is 10.9. The van der Waals surface area contributed by atoms with Gasteiger partial charge in [-0.3, -0.25) is 10.1 Å². The summed E-state index contributed by atoms with van der Waals surface area (Å²) in [4.78, 5) is 14.6. The molecular weight excluding hydrogens is 254 g/mol. The number of hydrogen-bond donors (Lipinski definition) is 3. The molecule has 2 heterocycles. The molecule has 1 aliphatic heterocycles. The Bertz CT molecular complexity index is 436. The minimum absolute atomic E-state index is 0.0235. The van der Waals surface area contributed by atoms with Gasteiger partial charge in [0.2, 0.25) is 5.82 Å². The molecule has 0 amide bonds. The number of pyridine rings is 1. The Morgan fingerprint density at radius 3 is 3.00 bits per heavy atom. The lowest BCUT2D eigenvalue weighted by molar-refractivity contribution is -0.384. The molecule has 1 aromatic heterocycles. The molecule has 0 saturated carbocycles. The highest BCUT2D eigenvalue weighted by molar-refractivity contribution is 7.99. The zero-order valence-electron chi connectivity index (χ0n) is 9.76. The molecule has 1 atom stereocenters. The largest absolute Gasteiger partial charge is 0.361 e. The van der Waals surface area contributed by atoms with Crippen molar-refractivity contribution in [2.45, 2.75) is 18.9 Å². The van der Waals surface area contributed by atoms with E-state index in [0.717, 1.165) is 24.3 Å². The van der Waals surface area contributed by atoms with E-state index in [4.69, 9.17) is 5.84 Å². The SMILES string of the molecule is NNc1ccc([N+](=O)[O-])c(NC2CCCSC2)n1. The Hall–Kier alpha value is -1.54. The van der Waals surface area contributed by atoms with Gasteiger partial charge in [0.25, 0.3) is 0 Å². The van der Waals surface area contributed by atoms with Crippen LogP contribution >= 0.6 is 11.8 Å². The fraction of sp³-hybridized carbons (Fsp3) is 0.500. The van der Waals surface area contributed by atoms with Crippen LogP contribution in [0.3, 0.4) is 0 Å². The average molecular weight is 269 g/mol. The van der Waals surface area contributed by atoms with E-state index in [0.29, 0.717) is 5.82 Å². The molecule has 0 bridgehead atoms. The first-order valence-corrected chi connectivity index (χ1v) is 6.82. The van der Waals surface area contributed by atoms with Crippen LogP contribution in [-0.4, -0.2) is 27.5 Å². The van der Waals surface area contributed by atoms with E-state index in [1.807, 2.05) is 11.8 Å². The maximum Gasteiger partial charge on any atom is 0.311 e. The molecule has 0 aromatic carbocycles. The molecule has 1 unspecified atom stereocenters. The Labute approximate surface area is 109 Å². The summed E-state index contributed by atoms with van der Waals surface area (Å²) in [5, 5.41) is 14.1. The normalized spacial score (nSPS) is 19.3. The summed E-state index contributed by atoms with van der Waals surface area (Å²) < 4.78 is 0. The van der Waals surface area contributed by atoms with E-state index in [2.05, 4.69) is 15.7 Å². The summed E-state index contributed by atoms with van der Waals surface area (Å²) in [6.07, 6.45) is 2.12. The predicted octanol–water partition coefficient (Wildman–Crippen LogP) is 1.58. The number of aromatic nitrogens is 1. The van der Waals surface area contributed by atoms with E-state index < -0.39 is 4.92 Å². The summed E-state index contributed by atoms with van der Waals surface area (Å²) in [5.74, 6) is 8.05. The van der Waals surface area contributed by atoms with Crippen molar-refractivity contribution in [2.75, 3.05) is 22.2 Å². The number of nitrogens with one attached hydrogen (secondary N) is 2. The molecule has 0 spiro atoms.